The number of nitrogens with one attached hydrogen (secondary N) is 2. The second-order valence-corrected chi connectivity index (χ2v) is 3.82. The van der Waals surface area contributed by atoms with Crippen LogP contribution in [0.15, 0.2) is 17.3 Å². The van der Waals surface area contributed by atoms with Crippen LogP contribution in [-0.2, 0) is 6.54 Å². The first kappa shape index (κ1) is 18.3. The van der Waals surface area contributed by atoms with Gasteiger partial charge in [-0.2, -0.15) is 0 Å². The van der Waals surface area contributed by atoms with E-state index in [1.54, 1.807) is 13.1 Å². The Morgan fingerprint density at radius 3 is 2.40 bits per heavy atom. The highest BCUT2D eigenvalue weighted by atomic mass is 16.3. The van der Waals surface area contributed by atoms with Crippen molar-refractivity contribution in [3.8, 4) is 0 Å². The van der Waals surface area contributed by atoms with Gasteiger partial charge in [0.1, 0.15) is 5.52 Å². The van der Waals surface area contributed by atoms with Gasteiger partial charge in [-0.3, -0.25) is 4.79 Å². The van der Waals surface area contributed by atoms with Gasteiger partial charge in [-0.1, -0.05) is 0 Å². The third-order valence-corrected chi connectivity index (χ3v) is 2.03. The Morgan fingerprint density at radius 1 is 1.40 bits per heavy atom. The summed E-state index contributed by atoms with van der Waals surface area (Å²) >= 11 is 0. The molecule has 2 heterocycles. The van der Waals surface area contributed by atoms with E-state index in [0.29, 0.717) is 17.6 Å². The molecule has 0 fully saturated rings. The SMILES string of the molecule is CC(O)CO.CCO.NCc1c[nH]c2c(=O)[nH]cnc12. The standard InChI is InChI=1S/C7H8N4O.C3H8O2.C2H6O/c8-1-4-2-9-6-5(4)10-3-11-7(6)12;1-3(5)2-4;1-2-3/h2-3,9H,1,8H2,(H,10,11,12);3-5H,2H2,1H3;3H,2H2,1H3. The van der Waals surface area contributed by atoms with E-state index < -0.39 is 6.10 Å². The molecule has 0 bridgehead atoms. The number of fused-ring (bicyclic) bond motifs is 1. The summed E-state index contributed by atoms with van der Waals surface area (Å²) in [6.07, 6.45) is 2.51. The van der Waals surface area contributed by atoms with Gasteiger partial charge in [-0.25, -0.2) is 4.98 Å². The predicted octanol–water partition coefficient (Wildman–Crippen LogP) is -0.932. The molecular formula is C12H22N4O4. The van der Waals surface area contributed by atoms with Gasteiger partial charge in [0.05, 0.1) is 24.6 Å². The summed E-state index contributed by atoms with van der Waals surface area (Å²) in [5, 5.41) is 23.6. The number of aliphatic hydroxyl groups is 3. The fraction of sp³-hybridized carbons (Fsp3) is 0.500. The van der Waals surface area contributed by atoms with Crippen LogP contribution in [0, 0.1) is 0 Å². The highest BCUT2D eigenvalue weighted by Crippen LogP contribution is 2.09. The molecule has 0 saturated carbocycles. The number of nitrogens with zero attached hydrogens (tertiary/aromatic N) is 1. The summed E-state index contributed by atoms with van der Waals surface area (Å²) in [5.41, 5.74) is 7.27. The maximum atomic E-state index is 11.1. The first-order valence-corrected chi connectivity index (χ1v) is 6.15. The van der Waals surface area contributed by atoms with Crippen LogP contribution in [0.5, 0.6) is 0 Å². The molecule has 1 unspecified atom stereocenters. The molecule has 0 amide bonds. The van der Waals surface area contributed by atoms with Crippen molar-refractivity contribution < 1.29 is 15.3 Å². The minimum atomic E-state index is -0.560. The number of nitrogens with two attached hydrogens (primary N) is 1. The molecule has 0 aliphatic rings. The summed E-state index contributed by atoms with van der Waals surface area (Å²) in [7, 11) is 0. The molecule has 0 aliphatic carbocycles. The van der Waals surface area contributed by atoms with Gasteiger partial charge in [-0.15, -0.1) is 0 Å². The molecule has 0 aromatic carbocycles. The van der Waals surface area contributed by atoms with Gasteiger partial charge in [0.25, 0.3) is 5.56 Å². The molecule has 0 spiro atoms. The van der Waals surface area contributed by atoms with Crippen LogP contribution in [0.25, 0.3) is 11.0 Å². The van der Waals surface area contributed by atoms with Crippen LogP contribution in [0.4, 0.5) is 0 Å². The molecule has 0 radical (unpaired) electrons. The summed E-state index contributed by atoms with van der Waals surface area (Å²) in [4.78, 5) is 20.4. The van der Waals surface area contributed by atoms with E-state index in [-0.39, 0.29) is 18.8 Å². The van der Waals surface area contributed by atoms with Gasteiger partial charge in [0, 0.05) is 24.9 Å². The number of aromatic amines is 2. The lowest BCUT2D eigenvalue weighted by molar-refractivity contribution is 0.110. The first-order chi connectivity index (χ1) is 9.51. The van der Waals surface area contributed by atoms with Gasteiger partial charge in [0.2, 0.25) is 0 Å². The van der Waals surface area contributed by atoms with Crippen molar-refractivity contribution in [3.05, 3.63) is 28.4 Å². The minimum absolute atomic E-state index is 0.139. The summed E-state index contributed by atoms with van der Waals surface area (Å²) in [5.74, 6) is 0. The number of hydrogen-bond acceptors (Lipinski definition) is 6. The zero-order chi connectivity index (χ0) is 15.5. The molecule has 2 aromatic rings. The second kappa shape index (κ2) is 10.1. The molecule has 114 valence electrons. The summed E-state index contributed by atoms with van der Waals surface area (Å²) in [6.45, 7) is 3.70. The molecule has 7 N–H and O–H groups in total. The van der Waals surface area contributed by atoms with E-state index in [2.05, 4.69) is 15.0 Å². The first-order valence-electron chi connectivity index (χ1n) is 6.15. The monoisotopic (exact) mass is 286 g/mol. The normalized spacial score (nSPS) is 11.1. The lowest BCUT2D eigenvalue weighted by Gasteiger charge is -1.90. The van der Waals surface area contributed by atoms with Crippen LogP contribution in [0.3, 0.4) is 0 Å². The molecule has 2 aromatic heterocycles. The van der Waals surface area contributed by atoms with Gasteiger partial charge in [0.15, 0.2) is 0 Å². The van der Waals surface area contributed by atoms with Crippen LogP contribution < -0.4 is 11.3 Å². The van der Waals surface area contributed by atoms with E-state index in [1.165, 1.54) is 13.3 Å². The maximum Gasteiger partial charge on any atom is 0.275 e. The molecule has 8 heteroatoms. The highest BCUT2D eigenvalue weighted by molar-refractivity contribution is 5.77. The Morgan fingerprint density at radius 2 is 1.95 bits per heavy atom. The molecule has 1 atom stereocenters. The predicted molar refractivity (Wildman–Crippen MR) is 76.1 cm³/mol. The molecule has 0 saturated heterocycles. The number of aromatic nitrogens is 3. The molecule has 2 rings (SSSR count). The maximum absolute atomic E-state index is 11.1. The van der Waals surface area contributed by atoms with Crippen molar-refractivity contribution in [2.75, 3.05) is 13.2 Å². The summed E-state index contributed by atoms with van der Waals surface area (Å²) in [6, 6.07) is 0. The fourth-order valence-corrected chi connectivity index (χ4v) is 1.16. The van der Waals surface area contributed by atoms with E-state index in [4.69, 9.17) is 21.1 Å². The fourth-order valence-electron chi connectivity index (χ4n) is 1.16. The van der Waals surface area contributed by atoms with E-state index in [1.807, 2.05) is 0 Å². The van der Waals surface area contributed by atoms with E-state index in [9.17, 15) is 4.79 Å². The zero-order valence-corrected chi connectivity index (χ0v) is 11.6. The zero-order valence-electron chi connectivity index (χ0n) is 11.6. The quantitative estimate of drug-likeness (QED) is 0.420. The third-order valence-electron chi connectivity index (χ3n) is 2.03. The van der Waals surface area contributed by atoms with Crippen molar-refractivity contribution in [1.29, 1.82) is 0 Å². The van der Waals surface area contributed by atoms with Crippen molar-refractivity contribution in [1.82, 2.24) is 15.0 Å². The van der Waals surface area contributed by atoms with Crippen LogP contribution in [0.2, 0.25) is 0 Å². The number of H-pyrrole nitrogens is 2. The van der Waals surface area contributed by atoms with Gasteiger partial charge < -0.3 is 31.0 Å². The highest BCUT2D eigenvalue weighted by Gasteiger charge is 2.04. The summed E-state index contributed by atoms with van der Waals surface area (Å²) < 4.78 is 0. The molecule has 20 heavy (non-hydrogen) atoms. The molecule has 0 aliphatic heterocycles. The van der Waals surface area contributed by atoms with E-state index >= 15 is 0 Å². The molecular weight excluding hydrogens is 264 g/mol. The Hall–Kier alpha value is -1.74. The average molecular weight is 286 g/mol. The topological polar surface area (TPSA) is 148 Å². The largest absolute Gasteiger partial charge is 0.397 e. The van der Waals surface area contributed by atoms with Crippen molar-refractivity contribution in [2.45, 2.75) is 26.5 Å². The number of hydrogen-bond donors (Lipinski definition) is 6. The van der Waals surface area contributed by atoms with Crippen LogP contribution >= 0.6 is 0 Å². The lowest BCUT2D eigenvalue weighted by atomic mass is 10.3. The lowest BCUT2D eigenvalue weighted by Crippen LogP contribution is -2.06. The van der Waals surface area contributed by atoms with Crippen LogP contribution in [0.1, 0.15) is 19.4 Å². The third kappa shape index (κ3) is 5.93. The Bertz CT molecular complexity index is 535. The average Bonchev–Trinajstić information content (AvgIpc) is 2.85. The van der Waals surface area contributed by atoms with Gasteiger partial charge >= 0.3 is 0 Å². The Kier molecular flexibility index (Phi) is 9.22. The van der Waals surface area contributed by atoms with Crippen molar-refractivity contribution in [3.63, 3.8) is 0 Å². The number of rotatable bonds is 2. The Balaban J connectivity index is 0.000000382. The molecule has 8 nitrogen and oxygen atoms in total. The second-order valence-electron chi connectivity index (χ2n) is 3.82. The minimum Gasteiger partial charge on any atom is -0.397 e. The van der Waals surface area contributed by atoms with E-state index in [0.717, 1.165) is 5.56 Å². The van der Waals surface area contributed by atoms with Crippen molar-refractivity contribution in [2.24, 2.45) is 5.73 Å². The number of aliphatic hydroxyl groups excluding tert-OH is 3. The Labute approximate surface area is 116 Å². The van der Waals surface area contributed by atoms with Gasteiger partial charge in [-0.05, 0) is 13.8 Å². The van der Waals surface area contributed by atoms with Crippen LogP contribution in [-0.4, -0.2) is 49.6 Å². The smallest absolute Gasteiger partial charge is 0.275 e. The van der Waals surface area contributed by atoms with Crippen molar-refractivity contribution >= 4 is 11.0 Å².